The number of nitrogens with two attached hydrogens (primary N) is 1. The number of piperidine rings is 1. The van der Waals surface area contributed by atoms with Crippen LogP contribution in [0.15, 0.2) is 30.5 Å². The lowest BCUT2D eigenvalue weighted by Gasteiger charge is -2.32. The lowest BCUT2D eigenvalue weighted by Crippen LogP contribution is -2.41. The number of carbonyl (C=O) groups excluding carboxylic acids is 1. The van der Waals surface area contributed by atoms with Gasteiger partial charge >= 0.3 is 6.03 Å². The molecule has 1 fully saturated rings. The zero-order valence-corrected chi connectivity index (χ0v) is 14.5. The molecule has 0 bridgehead atoms. The number of nitrogen functional groups attached to an aromatic ring is 1. The maximum atomic E-state index is 12.6. The third-order valence-electron chi connectivity index (χ3n) is 4.50. The summed E-state index contributed by atoms with van der Waals surface area (Å²) in [5.41, 5.74) is 8.32. The van der Waals surface area contributed by atoms with Crippen LogP contribution in [0.25, 0.3) is 0 Å². The van der Waals surface area contributed by atoms with Gasteiger partial charge in [-0.05, 0) is 49.6 Å². The number of aryl methyl sites for hydroxylation is 1. The smallest absolute Gasteiger partial charge is 0.321 e. The number of benzene rings is 1. The normalized spacial score (nSPS) is 17.2. The van der Waals surface area contributed by atoms with E-state index >= 15 is 0 Å². The molecule has 1 atom stereocenters. The van der Waals surface area contributed by atoms with Gasteiger partial charge in [-0.15, -0.1) is 0 Å². The Hall–Kier alpha value is -2.83. The maximum absolute atomic E-state index is 12.6. The first-order valence-corrected chi connectivity index (χ1v) is 8.36. The molecule has 0 unspecified atom stereocenters. The largest absolute Gasteiger partial charge is 0.497 e. The van der Waals surface area contributed by atoms with Crippen LogP contribution in [0.3, 0.4) is 0 Å². The first-order chi connectivity index (χ1) is 12.1. The molecule has 7 heteroatoms. The Morgan fingerprint density at radius 2 is 2.24 bits per heavy atom. The van der Waals surface area contributed by atoms with Gasteiger partial charge in [-0.25, -0.2) is 14.8 Å². The zero-order valence-electron chi connectivity index (χ0n) is 14.5. The van der Waals surface area contributed by atoms with Gasteiger partial charge in [-0.3, -0.25) is 0 Å². The van der Waals surface area contributed by atoms with Gasteiger partial charge in [-0.2, -0.15) is 0 Å². The van der Waals surface area contributed by atoms with E-state index in [4.69, 9.17) is 10.5 Å². The van der Waals surface area contributed by atoms with Crippen molar-refractivity contribution in [3.8, 4) is 5.75 Å². The summed E-state index contributed by atoms with van der Waals surface area (Å²) < 4.78 is 5.20. The van der Waals surface area contributed by atoms with E-state index in [1.165, 1.54) is 0 Å². The Bertz CT molecular complexity index is 765. The summed E-state index contributed by atoms with van der Waals surface area (Å²) in [6, 6.07) is 7.37. The lowest BCUT2D eigenvalue weighted by molar-refractivity contribution is 0.192. The van der Waals surface area contributed by atoms with Crippen LogP contribution in [0.2, 0.25) is 0 Å². The predicted molar refractivity (Wildman–Crippen MR) is 96.7 cm³/mol. The van der Waals surface area contributed by atoms with E-state index in [1.807, 2.05) is 36.1 Å². The van der Waals surface area contributed by atoms with Crippen molar-refractivity contribution in [3.05, 3.63) is 41.7 Å². The number of nitrogens with zero attached hydrogens (tertiary/aromatic N) is 3. The molecule has 2 aromatic rings. The fraction of sp³-hybridized carbons (Fsp3) is 0.389. The second-order valence-electron chi connectivity index (χ2n) is 6.24. The number of amides is 2. The number of anilines is 2. The number of urea groups is 1. The summed E-state index contributed by atoms with van der Waals surface area (Å²) in [5, 5.41) is 2.99. The Balaban J connectivity index is 1.68. The molecule has 3 N–H and O–H groups in total. The Labute approximate surface area is 147 Å². The Morgan fingerprint density at radius 3 is 2.96 bits per heavy atom. The van der Waals surface area contributed by atoms with E-state index in [2.05, 4.69) is 15.3 Å². The highest BCUT2D eigenvalue weighted by Crippen LogP contribution is 2.27. The molecule has 2 amide bonds. The number of rotatable bonds is 3. The van der Waals surface area contributed by atoms with Gasteiger partial charge in [0.2, 0.25) is 5.95 Å². The van der Waals surface area contributed by atoms with E-state index in [0.717, 1.165) is 42.1 Å². The average Bonchev–Trinajstić information content (AvgIpc) is 2.63. The number of aromatic nitrogens is 2. The van der Waals surface area contributed by atoms with Crippen LogP contribution in [0.1, 0.15) is 30.0 Å². The molecular weight excluding hydrogens is 318 g/mol. The zero-order chi connectivity index (χ0) is 17.8. The van der Waals surface area contributed by atoms with Gasteiger partial charge in [0.05, 0.1) is 12.8 Å². The molecular formula is C18H23N5O2. The molecule has 0 aliphatic carbocycles. The van der Waals surface area contributed by atoms with Gasteiger partial charge < -0.3 is 20.7 Å². The van der Waals surface area contributed by atoms with E-state index < -0.39 is 0 Å². The van der Waals surface area contributed by atoms with Crippen molar-refractivity contribution in [1.29, 1.82) is 0 Å². The first kappa shape index (κ1) is 17.0. The number of nitrogens with one attached hydrogen (secondary N) is 1. The van der Waals surface area contributed by atoms with Gasteiger partial charge in [0.1, 0.15) is 5.75 Å². The van der Waals surface area contributed by atoms with Gasteiger partial charge in [0.25, 0.3) is 0 Å². The summed E-state index contributed by atoms with van der Waals surface area (Å²) in [4.78, 5) is 22.7. The highest BCUT2D eigenvalue weighted by molar-refractivity contribution is 5.90. The van der Waals surface area contributed by atoms with Crippen LogP contribution in [-0.4, -0.2) is 41.1 Å². The van der Waals surface area contributed by atoms with Crippen molar-refractivity contribution >= 4 is 17.7 Å². The first-order valence-electron chi connectivity index (χ1n) is 8.36. The van der Waals surface area contributed by atoms with E-state index in [-0.39, 0.29) is 17.9 Å². The SMILES string of the molecule is COc1ccc(NC(=O)N2CCC[C@@H](c3ccnc(N)n3)C2)c(C)c1. The van der Waals surface area contributed by atoms with Gasteiger partial charge in [0.15, 0.2) is 0 Å². The number of likely N-dealkylation sites (tertiary alicyclic amines) is 1. The fourth-order valence-electron chi connectivity index (χ4n) is 3.12. The Morgan fingerprint density at radius 1 is 1.40 bits per heavy atom. The second kappa shape index (κ2) is 7.38. The molecule has 0 radical (unpaired) electrons. The molecule has 0 spiro atoms. The van der Waals surface area contributed by atoms with Gasteiger partial charge in [0, 0.05) is 30.9 Å². The van der Waals surface area contributed by atoms with Crippen LogP contribution in [0.5, 0.6) is 5.75 Å². The highest BCUT2D eigenvalue weighted by atomic mass is 16.5. The topological polar surface area (TPSA) is 93.4 Å². The predicted octanol–water partition coefficient (Wildman–Crippen LogP) is 2.79. The third-order valence-corrected chi connectivity index (χ3v) is 4.50. The van der Waals surface area contributed by atoms with Crippen molar-refractivity contribution in [2.24, 2.45) is 0 Å². The van der Waals surface area contributed by atoms with Crippen molar-refractivity contribution in [2.45, 2.75) is 25.7 Å². The fourth-order valence-corrected chi connectivity index (χ4v) is 3.12. The number of hydrogen-bond donors (Lipinski definition) is 2. The number of carbonyl (C=O) groups is 1. The summed E-state index contributed by atoms with van der Waals surface area (Å²) in [6.07, 6.45) is 3.59. The standard InChI is InChI=1S/C18H23N5O2/c1-12-10-14(25-2)5-6-15(12)22-18(24)23-9-3-4-13(11-23)16-7-8-20-17(19)21-16/h5-8,10,13H,3-4,9,11H2,1-2H3,(H,22,24)(H2,19,20,21)/t13-/m1/s1. The summed E-state index contributed by atoms with van der Waals surface area (Å²) in [6.45, 7) is 3.30. The molecule has 1 aliphatic heterocycles. The highest BCUT2D eigenvalue weighted by Gasteiger charge is 2.26. The van der Waals surface area contributed by atoms with Crippen LogP contribution in [0, 0.1) is 6.92 Å². The second-order valence-corrected chi connectivity index (χ2v) is 6.24. The average molecular weight is 341 g/mol. The molecule has 132 valence electrons. The molecule has 0 saturated carbocycles. The minimum Gasteiger partial charge on any atom is -0.497 e. The molecule has 1 aromatic heterocycles. The van der Waals surface area contributed by atoms with E-state index in [9.17, 15) is 4.79 Å². The van der Waals surface area contributed by atoms with Crippen LogP contribution >= 0.6 is 0 Å². The molecule has 1 aromatic carbocycles. The van der Waals surface area contributed by atoms with E-state index in [1.54, 1.807) is 13.3 Å². The van der Waals surface area contributed by atoms with Gasteiger partial charge in [-0.1, -0.05) is 0 Å². The van der Waals surface area contributed by atoms with Crippen LogP contribution in [-0.2, 0) is 0 Å². The van der Waals surface area contributed by atoms with Crippen molar-refractivity contribution in [3.63, 3.8) is 0 Å². The lowest BCUT2D eigenvalue weighted by atomic mass is 9.95. The molecule has 25 heavy (non-hydrogen) atoms. The summed E-state index contributed by atoms with van der Waals surface area (Å²) in [5.74, 6) is 1.23. The molecule has 3 rings (SSSR count). The number of methoxy groups -OCH3 is 1. The summed E-state index contributed by atoms with van der Waals surface area (Å²) >= 11 is 0. The Kier molecular flexibility index (Phi) is 5.02. The van der Waals surface area contributed by atoms with E-state index in [0.29, 0.717) is 6.54 Å². The molecule has 1 aliphatic rings. The summed E-state index contributed by atoms with van der Waals surface area (Å²) in [7, 11) is 1.63. The minimum absolute atomic E-state index is 0.0972. The van der Waals surface area contributed by atoms with Crippen molar-refractivity contribution in [1.82, 2.24) is 14.9 Å². The third kappa shape index (κ3) is 3.99. The number of ether oxygens (including phenoxy) is 1. The minimum atomic E-state index is -0.0972. The molecule has 7 nitrogen and oxygen atoms in total. The molecule has 1 saturated heterocycles. The van der Waals surface area contributed by atoms with Crippen LogP contribution < -0.4 is 15.8 Å². The van der Waals surface area contributed by atoms with Crippen molar-refractivity contribution < 1.29 is 9.53 Å². The quantitative estimate of drug-likeness (QED) is 0.895. The van der Waals surface area contributed by atoms with Crippen molar-refractivity contribution in [2.75, 3.05) is 31.2 Å². The number of hydrogen-bond acceptors (Lipinski definition) is 5. The van der Waals surface area contributed by atoms with Crippen LogP contribution in [0.4, 0.5) is 16.4 Å². The monoisotopic (exact) mass is 341 g/mol. The molecule has 2 heterocycles. The maximum Gasteiger partial charge on any atom is 0.321 e.